The molecule has 2 atom stereocenters. The zero-order valence-electron chi connectivity index (χ0n) is 9.32. The van der Waals surface area contributed by atoms with Gasteiger partial charge in [0.15, 0.2) is 0 Å². The summed E-state index contributed by atoms with van der Waals surface area (Å²) >= 11 is 3.48. The number of hydrogen-bond donors (Lipinski definition) is 1. The Kier molecular flexibility index (Phi) is 1.88. The molecule has 1 aromatic heterocycles. The number of benzene rings is 1. The lowest BCUT2D eigenvalue weighted by atomic mass is 10.1. The average molecular weight is 293 g/mol. The predicted molar refractivity (Wildman–Crippen MR) is 68.6 cm³/mol. The van der Waals surface area contributed by atoms with Crippen LogP contribution in [0.4, 0.5) is 0 Å². The Morgan fingerprint density at radius 2 is 2.06 bits per heavy atom. The van der Waals surface area contributed by atoms with E-state index in [1.54, 1.807) is 0 Å². The number of furan rings is 1. The summed E-state index contributed by atoms with van der Waals surface area (Å²) in [6, 6.07) is 7.98. The van der Waals surface area contributed by atoms with E-state index in [0.29, 0.717) is 11.8 Å². The maximum atomic E-state index is 10.7. The Balaban J connectivity index is 1.85. The third-order valence-corrected chi connectivity index (χ3v) is 5.05. The van der Waals surface area contributed by atoms with Crippen molar-refractivity contribution in [2.45, 2.75) is 24.9 Å². The lowest BCUT2D eigenvalue weighted by molar-refractivity contribution is 0.0824. The summed E-state index contributed by atoms with van der Waals surface area (Å²) in [4.78, 5) is 0. The van der Waals surface area contributed by atoms with Gasteiger partial charge in [0.2, 0.25) is 0 Å². The van der Waals surface area contributed by atoms with Crippen LogP contribution >= 0.6 is 15.9 Å². The van der Waals surface area contributed by atoms with Gasteiger partial charge >= 0.3 is 0 Å². The summed E-state index contributed by atoms with van der Waals surface area (Å²) in [6.07, 6.45) is 3.53. The quantitative estimate of drug-likeness (QED) is 0.867. The van der Waals surface area contributed by atoms with E-state index in [2.05, 4.69) is 15.9 Å². The molecule has 1 heterocycles. The zero-order valence-corrected chi connectivity index (χ0v) is 10.9. The summed E-state index contributed by atoms with van der Waals surface area (Å²) in [5.41, 5.74) is 0.178. The van der Waals surface area contributed by atoms with Gasteiger partial charge in [0.1, 0.15) is 16.9 Å². The fourth-order valence-corrected chi connectivity index (χ4v) is 3.97. The van der Waals surface area contributed by atoms with Crippen molar-refractivity contribution in [2.24, 2.45) is 11.8 Å². The molecule has 0 bridgehead atoms. The van der Waals surface area contributed by atoms with Gasteiger partial charge in [0, 0.05) is 17.2 Å². The largest absolute Gasteiger partial charge is 0.457 e. The average Bonchev–Trinajstić information content (AvgIpc) is 2.81. The van der Waals surface area contributed by atoms with Crippen molar-refractivity contribution in [3.63, 3.8) is 0 Å². The molecule has 2 aliphatic rings. The van der Waals surface area contributed by atoms with Crippen LogP contribution in [0.15, 0.2) is 33.2 Å². The Morgan fingerprint density at radius 3 is 2.76 bits per heavy atom. The smallest absolute Gasteiger partial charge is 0.148 e. The van der Waals surface area contributed by atoms with Gasteiger partial charge in [0.25, 0.3) is 0 Å². The topological polar surface area (TPSA) is 33.4 Å². The van der Waals surface area contributed by atoms with Crippen LogP contribution in [-0.2, 0) is 5.60 Å². The molecular formula is C14H13BrO2. The predicted octanol–water partition coefficient (Wildman–Crippen LogP) is 3.81. The summed E-state index contributed by atoms with van der Waals surface area (Å²) < 4.78 is 6.82. The summed E-state index contributed by atoms with van der Waals surface area (Å²) in [5, 5.41) is 11.7. The molecule has 2 aliphatic carbocycles. The number of halogens is 1. The van der Waals surface area contributed by atoms with Gasteiger partial charge < -0.3 is 9.52 Å². The Morgan fingerprint density at radius 1 is 1.29 bits per heavy atom. The molecule has 1 N–H and O–H groups in total. The minimum Gasteiger partial charge on any atom is -0.457 e. The number of para-hydroxylation sites is 1. The monoisotopic (exact) mass is 292 g/mol. The van der Waals surface area contributed by atoms with Crippen LogP contribution in [0, 0.1) is 11.8 Å². The second-order valence-electron chi connectivity index (χ2n) is 5.24. The minimum absolute atomic E-state index is 0.432. The van der Waals surface area contributed by atoms with Crippen LogP contribution in [0.1, 0.15) is 25.0 Å². The summed E-state index contributed by atoms with van der Waals surface area (Å²) in [5.74, 6) is 1.62. The number of hydrogen-bond acceptors (Lipinski definition) is 2. The van der Waals surface area contributed by atoms with Crippen molar-refractivity contribution in [1.82, 2.24) is 0 Å². The molecule has 1 aromatic carbocycles. The molecule has 2 fully saturated rings. The molecule has 2 aromatic rings. The van der Waals surface area contributed by atoms with Crippen molar-refractivity contribution in [3.05, 3.63) is 34.5 Å². The Hall–Kier alpha value is -0.800. The van der Waals surface area contributed by atoms with Gasteiger partial charge in [-0.25, -0.2) is 0 Å². The fraction of sp³-hybridized carbons (Fsp3) is 0.429. The van der Waals surface area contributed by atoms with Crippen LogP contribution in [0.25, 0.3) is 11.0 Å². The van der Waals surface area contributed by atoms with Gasteiger partial charge in [-0.15, -0.1) is 0 Å². The van der Waals surface area contributed by atoms with Gasteiger partial charge in [-0.3, -0.25) is 0 Å². The summed E-state index contributed by atoms with van der Waals surface area (Å²) in [7, 11) is 0. The molecule has 2 saturated carbocycles. The van der Waals surface area contributed by atoms with E-state index in [9.17, 15) is 5.11 Å². The third kappa shape index (κ3) is 1.19. The van der Waals surface area contributed by atoms with Crippen LogP contribution in [0.5, 0.6) is 0 Å². The molecule has 0 saturated heterocycles. The fourth-order valence-electron chi connectivity index (χ4n) is 3.51. The second-order valence-corrected chi connectivity index (χ2v) is 6.09. The molecule has 0 spiro atoms. The molecule has 4 rings (SSSR count). The van der Waals surface area contributed by atoms with Crippen molar-refractivity contribution >= 4 is 26.9 Å². The molecule has 0 radical (unpaired) electrons. The highest BCUT2D eigenvalue weighted by atomic mass is 79.9. The lowest BCUT2D eigenvalue weighted by Gasteiger charge is -2.10. The Labute approximate surface area is 108 Å². The van der Waals surface area contributed by atoms with E-state index in [1.807, 2.05) is 24.3 Å². The van der Waals surface area contributed by atoms with Crippen molar-refractivity contribution in [1.29, 1.82) is 0 Å². The van der Waals surface area contributed by atoms with Crippen LogP contribution in [0.3, 0.4) is 0 Å². The summed E-state index contributed by atoms with van der Waals surface area (Å²) in [6.45, 7) is 0. The Bertz CT molecular complexity index is 591. The number of fused-ring (bicyclic) bond motifs is 2. The lowest BCUT2D eigenvalue weighted by Crippen LogP contribution is -2.11. The van der Waals surface area contributed by atoms with Gasteiger partial charge in [-0.05, 0) is 40.9 Å². The van der Waals surface area contributed by atoms with E-state index >= 15 is 0 Å². The van der Waals surface area contributed by atoms with Gasteiger partial charge in [0.05, 0.1) is 4.47 Å². The van der Waals surface area contributed by atoms with Crippen LogP contribution in [-0.4, -0.2) is 5.11 Å². The first-order valence-corrected chi connectivity index (χ1v) is 6.91. The molecule has 3 heteroatoms. The molecule has 0 aliphatic heterocycles. The standard InChI is InChI=1S/C14H13BrO2/c15-11-6-1-3-8-7-12(17-13(8)11)14(16)9-4-2-5-10(9)14/h1,3,6-7,9-10,16H,2,4-5H2. The molecule has 0 amide bonds. The first kappa shape index (κ1) is 10.2. The minimum atomic E-state index is -0.670. The number of rotatable bonds is 1. The van der Waals surface area contributed by atoms with Crippen molar-refractivity contribution in [2.75, 3.05) is 0 Å². The molecule has 2 unspecified atom stereocenters. The second kappa shape index (κ2) is 3.15. The molecule has 2 nitrogen and oxygen atoms in total. The third-order valence-electron chi connectivity index (χ3n) is 4.43. The van der Waals surface area contributed by atoms with E-state index in [0.717, 1.165) is 34.0 Å². The maximum absolute atomic E-state index is 10.7. The number of aliphatic hydroxyl groups is 1. The molecular weight excluding hydrogens is 280 g/mol. The maximum Gasteiger partial charge on any atom is 0.148 e. The first-order valence-electron chi connectivity index (χ1n) is 6.12. The van der Waals surface area contributed by atoms with Crippen molar-refractivity contribution in [3.8, 4) is 0 Å². The van der Waals surface area contributed by atoms with Crippen LogP contribution < -0.4 is 0 Å². The first-order chi connectivity index (χ1) is 8.21. The van der Waals surface area contributed by atoms with E-state index < -0.39 is 5.60 Å². The zero-order chi connectivity index (χ0) is 11.6. The normalized spacial score (nSPS) is 35.2. The molecule has 88 valence electrons. The van der Waals surface area contributed by atoms with Gasteiger partial charge in [-0.2, -0.15) is 0 Å². The van der Waals surface area contributed by atoms with Gasteiger partial charge in [-0.1, -0.05) is 18.6 Å². The van der Waals surface area contributed by atoms with E-state index in [4.69, 9.17) is 4.42 Å². The highest BCUT2D eigenvalue weighted by Gasteiger charge is 2.68. The van der Waals surface area contributed by atoms with Crippen LogP contribution in [0.2, 0.25) is 0 Å². The van der Waals surface area contributed by atoms with E-state index in [1.165, 1.54) is 6.42 Å². The van der Waals surface area contributed by atoms with E-state index in [-0.39, 0.29) is 0 Å². The highest BCUT2D eigenvalue weighted by molar-refractivity contribution is 9.10. The highest BCUT2D eigenvalue weighted by Crippen LogP contribution is 2.66. The molecule has 17 heavy (non-hydrogen) atoms. The SMILES string of the molecule is OC1(c2cc3cccc(Br)c3o2)C2CCCC21. The van der Waals surface area contributed by atoms with Crippen molar-refractivity contribution < 1.29 is 9.52 Å².